The summed E-state index contributed by atoms with van der Waals surface area (Å²) in [5, 5.41) is 16.4. The van der Waals surface area contributed by atoms with Crippen molar-refractivity contribution in [3.05, 3.63) is 0 Å². The molecule has 0 aliphatic rings. The highest BCUT2D eigenvalue weighted by Gasteiger charge is 1.95. The predicted molar refractivity (Wildman–Crippen MR) is 82.2 cm³/mol. The summed E-state index contributed by atoms with van der Waals surface area (Å²) in [6.07, 6.45) is 6.14. The average molecular weight is 322 g/mol. The molecule has 0 radical (unpaired) electrons. The molecule has 0 bridgehead atoms. The molecule has 0 aliphatic carbocycles. The number of carboxylic acid groups (broad SMARTS) is 2. The molecule has 0 amide bonds. The first-order valence-corrected chi connectivity index (χ1v) is 7.62. The minimum atomic E-state index is -0.910. The number of rotatable bonds is 14. The molecule has 0 saturated carbocycles. The van der Waals surface area contributed by atoms with Gasteiger partial charge in [-0.05, 0) is 25.7 Å². The third-order valence-corrected chi connectivity index (χ3v) is 2.48. The van der Waals surface area contributed by atoms with Crippen molar-refractivity contribution in [1.82, 2.24) is 0 Å². The zero-order valence-corrected chi connectivity index (χ0v) is 13.7. The first-order chi connectivity index (χ1) is 10.5. The first-order valence-electron chi connectivity index (χ1n) is 7.62. The molecule has 0 heterocycles. The summed E-state index contributed by atoms with van der Waals surface area (Å²) in [6, 6.07) is 0. The van der Waals surface area contributed by atoms with E-state index in [0.29, 0.717) is 13.2 Å². The highest BCUT2D eigenvalue weighted by atomic mass is 16.5. The lowest BCUT2D eigenvalue weighted by Gasteiger charge is -2.00. The van der Waals surface area contributed by atoms with Crippen LogP contribution >= 0.6 is 0 Å². The Bertz CT molecular complexity index is 256. The fourth-order valence-corrected chi connectivity index (χ4v) is 1.40. The maximum atomic E-state index is 9.99. The van der Waals surface area contributed by atoms with Gasteiger partial charge in [0.1, 0.15) is 13.2 Å². The quantitative estimate of drug-likeness (QED) is 0.472. The van der Waals surface area contributed by atoms with E-state index in [9.17, 15) is 9.59 Å². The molecule has 7 heteroatoms. The SMILES string of the molecule is CCCCCOCC(=O)O.COCCCCCOCC(=O)O. The number of hydrogen-bond donors (Lipinski definition) is 2. The van der Waals surface area contributed by atoms with E-state index in [0.717, 1.165) is 45.1 Å². The topological polar surface area (TPSA) is 102 Å². The largest absolute Gasteiger partial charge is 0.480 e. The van der Waals surface area contributed by atoms with Crippen molar-refractivity contribution < 1.29 is 34.0 Å². The Hall–Kier alpha value is -1.18. The predicted octanol–water partition coefficient (Wildman–Crippen LogP) is 2.18. The number of carbonyl (C=O) groups is 2. The van der Waals surface area contributed by atoms with Gasteiger partial charge in [-0.25, -0.2) is 9.59 Å². The fourth-order valence-electron chi connectivity index (χ4n) is 1.40. The minimum absolute atomic E-state index is 0.163. The van der Waals surface area contributed by atoms with E-state index < -0.39 is 11.9 Å². The van der Waals surface area contributed by atoms with Crippen LogP contribution in [0, 0.1) is 0 Å². The van der Waals surface area contributed by atoms with Crippen LogP contribution in [0.1, 0.15) is 45.4 Å². The van der Waals surface area contributed by atoms with E-state index in [1.807, 2.05) is 0 Å². The molecule has 132 valence electrons. The Morgan fingerprint density at radius 2 is 1.23 bits per heavy atom. The van der Waals surface area contributed by atoms with Crippen LogP contribution < -0.4 is 0 Å². The Kier molecular flexibility index (Phi) is 20.8. The standard InChI is InChI=1S/C8H16O4.C7H14O3/c1-11-5-3-2-4-6-12-7-8(9)10;1-2-3-4-5-10-6-7(8)9/h2-7H2,1H3,(H,9,10);2-6H2,1H3,(H,8,9). The Labute approximate surface area is 132 Å². The summed E-state index contributed by atoms with van der Waals surface area (Å²) < 4.78 is 14.5. The lowest BCUT2D eigenvalue weighted by Crippen LogP contribution is -2.07. The van der Waals surface area contributed by atoms with Crippen molar-refractivity contribution in [2.45, 2.75) is 45.4 Å². The van der Waals surface area contributed by atoms with Crippen molar-refractivity contribution >= 4 is 11.9 Å². The fraction of sp³-hybridized carbons (Fsp3) is 0.867. The molecule has 0 fully saturated rings. The Balaban J connectivity index is 0. The highest BCUT2D eigenvalue weighted by molar-refractivity contribution is 5.68. The molecule has 2 N–H and O–H groups in total. The maximum Gasteiger partial charge on any atom is 0.329 e. The van der Waals surface area contributed by atoms with Gasteiger partial charge in [-0.3, -0.25) is 0 Å². The van der Waals surface area contributed by atoms with Crippen molar-refractivity contribution in [3.8, 4) is 0 Å². The lowest BCUT2D eigenvalue weighted by molar-refractivity contribution is -0.143. The van der Waals surface area contributed by atoms with Crippen molar-refractivity contribution in [1.29, 1.82) is 0 Å². The third-order valence-electron chi connectivity index (χ3n) is 2.48. The van der Waals surface area contributed by atoms with Gasteiger partial charge in [-0.2, -0.15) is 0 Å². The van der Waals surface area contributed by atoms with E-state index in [4.69, 9.17) is 24.4 Å². The van der Waals surface area contributed by atoms with Crippen LogP contribution in [0.25, 0.3) is 0 Å². The highest BCUT2D eigenvalue weighted by Crippen LogP contribution is 1.95. The van der Waals surface area contributed by atoms with Gasteiger partial charge in [0, 0.05) is 26.9 Å². The number of methoxy groups -OCH3 is 1. The number of ether oxygens (including phenoxy) is 3. The van der Waals surface area contributed by atoms with Crippen LogP contribution in [-0.2, 0) is 23.8 Å². The molecule has 0 aromatic heterocycles. The molecule has 0 spiro atoms. The van der Waals surface area contributed by atoms with Crippen LogP contribution in [0.4, 0.5) is 0 Å². The second-order valence-corrected chi connectivity index (χ2v) is 4.65. The minimum Gasteiger partial charge on any atom is -0.480 e. The monoisotopic (exact) mass is 322 g/mol. The molecule has 0 saturated heterocycles. The second-order valence-electron chi connectivity index (χ2n) is 4.65. The summed E-state index contributed by atoms with van der Waals surface area (Å²) in [5.41, 5.74) is 0. The lowest BCUT2D eigenvalue weighted by atomic mass is 10.2. The van der Waals surface area contributed by atoms with E-state index in [2.05, 4.69) is 6.92 Å². The van der Waals surface area contributed by atoms with Crippen LogP contribution in [-0.4, -0.2) is 62.3 Å². The van der Waals surface area contributed by atoms with E-state index >= 15 is 0 Å². The van der Waals surface area contributed by atoms with Crippen molar-refractivity contribution in [2.75, 3.05) is 40.1 Å². The van der Waals surface area contributed by atoms with E-state index in [1.165, 1.54) is 0 Å². The van der Waals surface area contributed by atoms with Gasteiger partial charge in [0.15, 0.2) is 0 Å². The molecule has 0 aromatic carbocycles. The molecule has 0 aliphatic heterocycles. The van der Waals surface area contributed by atoms with Gasteiger partial charge < -0.3 is 24.4 Å². The summed E-state index contributed by atoms with van der Waals surface area (Å²) in [5.74, 6) is -1.80. The molecule has 0 unspecified atom stereocenters. The molecule has 22 heavy (non-hydrogen) atoms. The zero-order chi connectivity index (χ0) is 17.1. The van der Waals surface area contributed by atoms with Crippen LogP contribution in [0.3, 0.4) is 0 Å². The van der Waals surface area contributed by atoms with Gasteiger partial charge in [0.25, 0.3) is 0 Å². The maximum absolute atomic E-state index is 9.99. The first kappa shape index (κ1) is 23.1. The number of unbranched alkanes of at least 4 members (excludes halogenated alkanes) is 4. The molecule has 0 atom stereocenters. The Morgan fingerprint density at radius 1 is 0.773 bits per heavy atom. The van der Waals surface area contributed by atoms with E-state index in [1.54, 1.807) is 7.11 Å². The van der Waals surface area contributed by atoms with Crippen LogP contribution in [0.2, 0.25) is 0 Å². The van der Waals surface area contributed by atoms with Crippen molar-refractivity contribution in [3.63, 3.8) is 0 Å². The smallest absolute Gasteiger partial charge is 0.329 e. The number of aliphatic carboxylic acids is 2. The number of carboxylic acids is 2. The summed E-state index contributed by atoms with van der Waals surface area (Å²) in [4.78, 5) is 19.9. The van der Waals surface area contributed by atoms with Gasteiger partial charge >= 0.3 is 11.9 Å². The summed E-state index contributed by atoms with van der Waals surface area (Å²) >= 11 is 0. The second kappa shape index (κ2) is 19.8. The van der Waals surface area contributed by atoms with Gasteiger partial charge in [-0.15, -0.1) is 0 Å². The average Bonchev–Trinajstić information content (AvgIpc) is 2.46. The normalized spacial score (nSPS) is 9.91. The summed E-state index contributed by atoms with van der Waals surface area (Å²) in [6.45, 7) is 3.60. The molecule has 0 aromatic rings. The molecular formula is C15H30O7. The van der Waals surface area contributed by atoms with Gasteiger partial charge in [0.2, 0.25) is 0 Å². The molecular weight excluding hydrogens is 292 g/mol. The zero-order valence-electron chi connectivity index (χ0n) is 13.7. The third kappa shape index (κ3) is 27.2. The molecule has 7 nitrogen and oxygen atoms in total. The van der Waals surface area contributed by atoms with Crippen LogP contribution in [0.5, 0.6) is 0 Å². The van der Waals surface area contributed by atoms with Crippen LogP contribution in [0.15, 0.2) is 0 Å². The van der Waals surface area contributed by atoms with Gasteiger partial charge in [0.05, 0.1) is 0 Å². The summed E-state index contributed by atoms with van der Waals surface area (Å²) in [7, 11) is 1.67. The Morgan fingerprint density at radius 3 is 1.64 bits per heavy atom. The van der Waals surface area contributed by atoms with Gasteiger partial charge in [-0.1, -0.05) is 19.8 Å². The number of hydrogen-bond acceptors (Lipinski definition) is 5. The van der Waals surface area contributed by atoms with E-state index in [-0.39, 0.29) is 13.2 Å². The van der Waals surface area contributed by atoms with Crippen molar-refractivity contribution in [2.24, 2.45) is 0 Å². The molecule has 0 rings (SSSR count).